The van der Waals surface area contributed by atoms with Crippen LogP contribution >= 0.6 is 0 Å². The molecule has 1 atom stereocenters. The van der Waals surface area contributed by atoms with Crippen LogP contribution in [0.25, 0.3) is 0 Å². The van der Waals surface area contributed by atoms with Crippen molar-refractivity contribution in [1.82, 2.24) is 5.32 Å². The van der Waals surface area contributed by atoms with Gasteiger partial charge in [-0.1, -0.05) is 6.07 Å². The van der Waals surface area contributed by atoms with Gasteiger partial charge < -0.3 is 25.4 Å². The molecule has 0 saturated carbocycles. The lowest BCUT2D eigenvalue weighted by Gasteiger charge is -2.11. The Morgan fingerprint density at radius 1 is 1.44 bits per heavy atom. The number of rotatable bonds is 3. The Labute approximate surface area is 92.1 Å². The summed E-state index contributed by atoms with van der Waals surface area (Å²) >= 11 is 0. The van der Waals surface area contributed by atoms with E-state index in [2.05, 4.69) is 10.1 Å². The molecule has 1 unspecified atom stereocenters. The second-order valence-electron chi connectivity index (χ2n) is 3.11. The summed E-state index contributed by atoms with van der Waals surface area (Å²) in [5, 5.41) is 30.1. The number of alkyl carbamates (subject to hydrolysis) is 1. The number of ether oxygens (including phenoxy) is 1. The van der Waals surface area contributed by atoms with Crippen molar-refractivity contribution in [2.75, 3.05) is 13.7 Å². The van der Waals surface area contributed by atoms with E-state index >= 15 is 0 Å². The van der Waals surface area contributed by atoms with Crippen LogP contribution in [0.1, 0.15) is 11.7 Å². The van der Waals surface area contributed by atoms with Gasteiger partial charge in [-0.25, -0.2) is 4.79 Å². The minimum atomic E-state index is -1.05. The van der Waals surface area contributed by atoms with Gasteiger partial charge in [0.25, 0.3) is 0 Å². The summed E-state index contributed by atoms with van der Waals surface area (Å²) in [7, 11) is 1.40. The van der Waals surface area contributed by atoms with Crippen LogP contribution in [0.3, 0.4) is 0 Å². The van der Waals surface area contributed by atoms with Crippen LogP contribution in [-0.2, 0) is 4.74 Å². The molecule has 6 heteroatoms. The third-order valence-electron chi connectivity index (χ3n) is 1.96. The van der Waals surface area contributed by atoms with E-state index in [0.717, 1.165) is 0 Å². The second-order valence-corrected chi connectivity index (χ2v) is 3.11. The highest BCUT2D eigenvalue weighted by Gasteiger charge is 2.12. The number of aromatic hydroxyl groups is 2. The normalized spacial score (nSPS) is 11.9. The van der Waals surface area contributed by atoms with Crippen molar-refractivity contribution in [3.05, 3.63) is 23.8 Å². The Morgan fingerprint density at radius 2 is 2.12 bits per heavy atom. The predicted molar refractivity (Wildman–Crippen MR) is 55.1 cm³/mol. The van der Waals surface area contributed by atoms with Gasteiger partial charge in [-0.05, 0) is 17.7 Å². The number of nitrogens with one attached hydrogen (secondary N) is 1. The van der Waals surface area contributed by atoms with Gasteiger partial charge in [0, 0.05) is 7.05 Å². The molecule has 1 aromatic rings. The zero-order valence-corrected chi connectivity index (χ0v) is 8.67. The average Bonchev–Trinajstić information content (AvgIpc) is 2.29. The highest BCUT2D eigenvalue weighted by molar-refractivity contribution is 5.66. The second kappa shape index (κ2) is 5.22. The molecule has 0 heterocycles. The zero-order valence-electron chi connectivity index (χ0n) is 8.67. The Hall–Kier alpha value is -1.95. The van der Waals surface area contributed by atoms with E-state index in [0.29, 0.717) is 5.56 Å². The highest BCUT2D eigenvalue weighted by atomic mass is 16.6. The number of hydrogen-bond acceptors (Lipinski definition) is 5. The molecule has 0 aliphatic rings. The molecule has 0 aliphatic carbocycles. The number of phenolic OH excluding ortho intramolecular Hbond substituents is 2. The lowest BCUT2D eigenvalue weighted by atomic mass is 10.1. The molecule has 0 spiro atoms. The van der Waals surface area contributed by atoms with Gasteiger partial charge in [-0.2, -0.15) is 0 Å². The third-order valence-corrected chi connectivity index (χ3v) is 1.96. The fourth-order valence-corrected chi connectivity index (χ4v) is 1.07. The fraction of sp³-hybridized carbons (Fsp3) is 0.300. The molecule has 0 fully saturated rings. The van der Waals surface area contributed by atoms with Crippen molar-refractivity contribution in [3.63, 3.8) is 0 Å². The molecule has 0 saturated heterocycles. The van der Waals surface area contributed by atoms with Crippen LogP contribution in [0.15, 0.2) is 18.2 Å². The largest absolute Gasteiger partial charge is 0.504 e. The maximum absolute atomic E-state index is 10.7. The van der Waals surface area contributed by atoms with Crippen LogP contribution in [0.5, 0.6) is 11.5 Å². The first-order valence-corrected chi connectivity index (χ1v) is 4.59. The summed E-state index contributed by atoms with van der Waals surface area (Å²) in [5.74, 6) is -0.611. The van der Waals surface area contributed by atoms with E-state index in [1.807, 2.05) is 0 Å². The zero-order chi connectivity index (χ0) is 12.1. The van der Waals surface area contributed by atoms with Gasteiger partial charge in [-0.3, -0.25) is 0 Å². The SMILES string of the molecule is CNC(=O)OCC(O)c1ccc(O)c(O)c1. The standard InChI is InChI=1S/C10H13NO5/c1-11-10(15)16-5-9(14)6-2-3-7(12)8(13)4-6/h2-4,9,12-14H,5H2,1H3,(H,11,15). The molecule has 0 bridgehead atoms. The van der Waals surface area contributed by atoms with Crippen molar-refractivity contribution < 1.29 is 24.9 Å². The topological polar surface area (TPSA) is 99.0 Å². The molecular formula is C10H13NO5. The predicted octanol–water partition coefficient (Wildman–Crippen LogP) is 0.487. The smallest absolute Gasteiger partial charge is 0.406 e. The molecule has 16 heavy (non-hydrogen) atoms. The van der Waals surface area contributed by atoms with Crippen LogP contribution in [0.4, 0.5) is 4.79 Å². The van der Waals surface area contributed by atoms with E-state index in [1.165, 1.54) is 25.2 Å². The molecule has 0 aromatic heterocycles. The van der Waals surface area contributed by atoms with E-state index in [-0.39, 0.29) is 18.1 Å². The molecule has 88 valence electrons. The van der Waals surface area contributed by atoms with Crippen LogP contribution in [0, 0.1) is 0 Å². The minimum Gasteiger partial charge on any atom is -0.504 e. The minimum absolute atomic E-state index is 0.232. The van der Waals surface area contributed by atoms with Gasteiger partial charge in [0.15, 0.2) is 11.5 Å². The Kier molecular flexibility index (Phi) is 3.96. The molecule has 1 aromatic carbocycles. The summed E-state index contributed by atoms with van der Waals surface area (Å²) in [6, 6.07) is 3.87. The number of aliphatic hydroxyl groups excluding tert-OH is 1. The van der Waals surface area contributed by atoms with Gasteiger partial charge in [-0.15, -0.1) is 0 Å². The Bertz CT molecular complexity index is 379. The van der Waals surface area contributed by atoms with Crippen molar-refractivity contribution in [2.45, 2.75) is 6.10 Å². The fourth-order valence-electron chi connectivity index (χ4n) is 1.07. The maximum atomic E-state index is 10.7. The number of carbonyl (C=O) groups is 1. The summed E-state index contributed by atoms with van der Waals surface area (Å²) in [4.78, 5) is 10.7. The Balaban J connectivity index is 2.62. The summed E-state index contributed by atoms with van der Waals surface area (Å²) < 4.78 is 4.63. The number of hydrogen-bond donors (Lipinski definition) is 4. The lowest BCUT2D eigenvalue weighted by Crippen LogP contribution is -2.22. The van der Waals surface area contributed by atoms with E-state index in [9.17, 15) is 15.0 Å². The van der Waals surface area contributed by atoms with E-state index < -0.39 is 12.2 Å². The average molecular weight is 227 g/mol. The number of amides is 1. The van der Waals surface area contributed by atoms with Crippen LogP contribution in [0.2, 0.25) is 0 Å². The molecule has 6 nitrogen and oxygen atoms in total. The molecule has 0 aliphatic heterocycles. The maximum Gasteiger partial charge on any atom is 0.406 e. The van der Waals surface area contributed by atoms with Crippen molar-refractivity contribution in [3.8, 4) is 11.5 Å². The lowest BCUT2D eigenvalue weighted by molar-refractivity contribution is 0.0690. The quantitative estimate of drug-likeness (QED) is 0.563. The van der Waals surface area contributed by atoms with Crippen LogP contribution < -0.4 is 5.32 Å². The van der Waals surface area contributed by atoms with E-state index in [1.54, 1.807) is 0 Å². The number of aliphatic hydroxyl groups is 1. The molecule has 4 N–H and O–H groups in total. The summed E-state index contributed by atoms with van der Waals surface area (Å²) in [6.07, 6.45) is -1.70. The molecule has 0 radical (unpaired) electrons. The van der Waals surface area contributed by atoms with Gasteiger partial charge in [0.1, 0.15) is 12.7 Å². The molecular weight excluding hydrogens is 214 g/mol. The molecule has 1 rings (SSSR count). The van der Waals surface area contributed by atoms with E-state index in [4.69, 9.17) is 5.11 Å². The van der Waals surface area contributed by atoms with Crippen molar-refractivity contribution >= 4 is 6.09 Å². The first-order valence-electron chi connectivity index (χ1n) is 4.59. The first kappa shape index (κ1) is 12.1. The van der Waals surface area contributed by atoms with Gasteiger partial charge in [0.2, 0.25) is 0 Å². The molecule has 1 amide bonds. The monoisotopic (exact) mass is 227 g/mol. The van der Waals surface area contributed by atoms with Crippen molar-refractivity contribution in [1.29, 1.82) is 0 Å². The number of phenols is 2. The van der Waals surface area contributed by atoms with Crippen molar-refractivity contribution in [2.24, 2.45) is 0 Å². The summed E-state index contributed by atoms with van der Waals surface area (Å²) in [6.45, 7) is -0.232. The summed E-state index contributed by atoms with van der Waals surface area (Å²) in [5.41, 5.74) is 0.346. The highest BCUT2D eigenvalue weighted by Crippen LogP contribution is 2.27. The first-order chi connectivity index (χ1) is 7.54. The Morgan fingerprint density at radius 3 is 2.69 bits per heavy atom. The third kappa shape index (κ3) is 3.03. The van der Waals surface area contributed by atoms with Gasteiger partial charge >= 0.3 is 6.09 Å². The van der Waals surface area contributed by atoms with Crippen LogP contribution in [-0.4, -0.2) is 35.1 Å². The number of carbonyl (C=O) groups excluding carboxylic acids is 1. The number of benzene rings is 1. The van der Waals surface area contributed by atoms with Gasteiger partial charge in [0.05, 0.1) is 0 Å².